The number of nitrogens with zero attached hydrogens (tertiary/aromatic N) is 2. The Morgan fingerprint density at radius 1 is 0.968 bits per heavy atom. The number of hydrogen-bond acceptors (Lipinski definition) is 5. The van der Waals surface area contributed by atoms with E-state index in [-0.39, 0.29) is 17.1 Å². The number of benzene rings is 3. The van der Waals surface area contributed by atoms with E-state index in [0.29, 0.717) is 23.1 Å². The maximum atomic E-state index is 13.3. The summed E-state index contributed by atoms with van der Waals surface area (Å²) in [5.41, 5.74) is 2.33. The molecule has 0 atom stereocenters. The van der Waals surface area contributed by atoms with E-state index in [4.69, 9.17) is 0 Å². The lowest BCUT2D eigenvalue weighted by Gasteiger charge is -2.23. The maximum Gasteiger partial charge on any atom is 0.269 e. The smallest absolute Gasteiger partial charge is 0.269 e. The number of aryl methyl sites for hydroxylation is 1. The van der Waals surface area contributed by atoms with E-state index in [9.17, 15) is 23.3 Å². The molecule has 0 amide bonds. The number of sulfonamides is 1. The van der Waals surface area contributed by atoms with Crippen LogP contribution in [0.15, 0.2) is 83.8 Å². The summed E-state index contributed by atoms with van der Waals surface area (Å²) in [7, 11) is -3.89. The Balaban J connectivity index is 1.94. The first-order chi connectivity index (χ1) is 14.8. The summed E-state index contributed by atoms with van der Waals surface area (Å²) in [6.07, 6.45) is 4.00. The Labute approximate surface area is 180 Å². The van der Waals surface area contributed by atoms with E-state index >= 15 is 0 Å². The Morgan fingerprint density at radius 3 is 2.26 bits per heavy atom. The quantitative estimate of drug-likeness (QED) is 0.291. The number of carbonyl (C=O) groups is 1. The standard InChI is InChI=1S/C23H20N2O5S/c1-18-7-13-23(14-8-18)31(29,30)24(22-6-2-4-20(16-22)17-26)15-3-5-19-9-11-21(12-10-19)25(27)28/h2-14,16-17H,15H2,1H3/b5-3+. The van der Waals surface area contributed by atoms with Crippen LogP contribution >= 0.6 is 0 Å². The monoisotopic (exact) mass is 436 g/mol. The molecule has 3 rings (SSSR count). The molecule has 158 valence electrons. The molecule has 0 spiro atoms. The van der Waals surface area contributed by atoms with Crippen LogP contribution in [0.5, 0.6) is 0 Å². The van der Waals surface area contributed by atoms with E-state index in [1.54, 1.807) is 66.7 Å². The van der Waals surface area contributed by atoms with Gasteiger partial charge in [0.2, 0.25) is 0 Å². The lowest BCUT2D eigenvalue weighted by atomic mass is 10.2. The highest BCUT2D eigenvalue weighted by Gasteiger charge is 2.24. The lowest BCUT2D eigenvalue weighted by Crippen LogP contribution is -2.31. The molecule has 8 heteroatoms. The molecular formula is C23H20N2O5S. The van der Waals surface area contributed by atoms with Gasteiger partial charge in [-0.1, -0.05) is 42.0 Å². The second-order valence-electron chi connectivity index (χ2n) is 6.81. The summed E-state index contributed by atoms with van der Waals surface area (Å²) in [5, 5.41) is 10.8. The zero-order chi connectivity index (χ0) is 22.4. The van der Waals surface area contributed by atoms with Crippen molar-refractivity contribution >= 4 is 33.8 Å². The molecule has 0 bridgehead atoms. The fourth-order valence-corrected chi connectivity index (χ4v) is 4.33. The number of aldehydes is 1. The van der Waals surface area contributed by atoms with E-state index in [0.717, 1.165) is 5.56 Å². The maximum absolute atomic E-state index is 13.3. The number of anilines is 1. The van der Waals surface area contributed by atoms with Crippen molar-refractivity contribution in [2.45, 2.75) is 11.8 Å². The second kappa shape index (κ2) is 9.36. The van der Waals surface area contributed by atoms with Gasteiger partial charge in [-0.25, -0.2) is 8.42 Å². The number of hydrogen-bond donors (Lipinski definition) is 0. The van der Waals surface area contributed by atoms with Gasteiger partial charge in [0.25, 0.3) is 15.7 Å². The zero-order valence-electron chi connectivity index (χ0n) is 16.7. The normalized spacial score (nSPS) is 11.4. The fraction of sp³-hybridized carbons (Fsp3) is 0.0870. The molecule has 0 heterocycles. The Hall–Kier alpha value is -3.78. The van der Waals surface area contributed by atoms with Crippen molar-refractivity contribution in [3.63, 3.8) is 0 Å². The molecule has 0 aliphatic heterocycles. The second-order valence-corrected chi connectivity index (χ2v) is 8.68. The summed E-state index contributed by atoms with van der Waals surface area (Å²) in [6.45, 7) is 1.88. The van der Waals surface area contributed by atoms with Crippen LogP contribution < -0.4 is 4.31 Å². The SMILES string of the molecule is Cc1ccc(S(=O)(=O)N(C/C=C/c2ccc([N+](=O)[O-])cc2)c2cccc(C=O)c2)cc1. The van der Waals surface area contributed by atoms with Crippen LogP contribution in [-0.2, 0) is 10.0 Å². The van der Waals surface area contributed by atoms with Gasteiger partial charge in [0.15, 0.2) is 0 Å². The van der Waals surface area contributed by atoms with Crippen LogP contribution in [0.1, 0.15) is 21.5 Å². The molecule has 0 radical (unpaired) electrons. The molecule has 0 unspecified atom stereocenters. The third-order valence-corrected chi connectivity index (χ3v) is 6.40. The number of nitro groups is 1. The minimum Gasteiger partial charge on any atom is -0.298 e. The number of rotatable bonds is 8. The molecule has 0 aliphatic carbocycles. The highest BCUT2D eigenvalue weighted by atomic mass is 32.2. The van der Waals surface area contributed by atoms with Crippen molar-refractivity contribution in [1.82, 2.24) is 0 Å². The average Bonchev–Trinajstić information content (AvgIpc) is 2.77. The van der Waals surface area contributed by atoms with Gasteiger partial charge in [-0.15, -0.1) is 0 Å². The summed E-state index contributed by atoms with van der Waals surface area (Å²) in [4.78, 5) is 21.6. The Kier molecular flexibility index (Phi) is 6.61. The minimum atomic E-state index is -3.89. The van der Waals surface area contributed by atoms with Gasteiger partial charge in [0, 0.05) is 17.7 Å². The van der Waals surface area contributed by atoms with Gasteiger partial charge in [-0.3, -0.25) is 19.2 Å². The summed E-state index contributed by atoms with van der Waals surface area (Å²) in [6, 6.07) is 18.8. The molecule has 0 aromatic heterocycles. The summed E-state index contributed by atoms with van der Waals surface area (Å²) >= 11 is 0. The van der Waals surface area contributed by atoms with Gasteiger partial charge >= 0.3 is 0 Å². The van der Waals surface area contributed by atoms with Crippen LogP contribution in [-0.4, -0.2) is 26.2 Å². The van der Waals surface area contributed by atoms with Gasteiger partial charge in [0.1, 0.15) is 6.29 Å². The van der Waals surface area contributed by atoms with Crippen molar-refractivity contribution in [3.05, 3.63) is 106 Å². The van der Waals surface area contributed by atoms with Gasteiger partial charge in [-0.05, 0) is 48.9 Å². The third-order valence-electron chi connectivity index (χ3n) is 4.59. The first-order valence-electron chi connectivity index (χ1n) is 9.37. The summed E-state index contributed by atoms with van der Waals surface area (Å²) < 4.78 is 27.9. The molecule has 0 N–H and O–H groups in total. The van der Waals surface area contributed by atoms with Crippen LogP contribution in [0.2, 0.25) is 0 Å². The molecule has 3 aromatic rings. The fourth-order valence-electron chi connectivity index (χ4n) is 2.92. The molecule has 7 nitrogen and oxygen atoms in total. The van der Waals surface area contributed by atoms with Crippen molar-refractivity contribution in [3.8, 4) is 0 Å². The van der Waals surface area contributed by atoms with Crippen LogP contribution in [0, 0.1) is 17.0 Å². The van der Waals surface area contributed by atoms with Crippen molar-refractivity contribution in [1.29, 1.82) is 0 Å². The summed E-state index contributed by atoms with van der Waals surface area (Å²) in [5.74, 6) is 0. The van der Waals surface area contributed by atoms with Gasteiger partial charge < -0.3 is 0 Å². The van der Waals surface area contributed by atoms with E-state index in [1.807, 2.05) is 6.92 Å². The first-order valence-corrected chi connectivity index (χ1v) is 10.8. The first kappa shape index (κ1) is 21.9. The molecular weight excluding hydrogens is 416 g/mol. The molecule has 31 heavy (non-hydrogen) atoms. The lowest BCUT2D eigenvalue weighted by molar-refractivity contribution is -0.384. The topological polar surface area (TPSA) is 97.6 Å². The van der Waals surface area contributed by atoms with Gasteiger partial charge in [-0.2, -0.15) is 0 Å². The third kappa shape index (κ3) is 5.23. The zero-order valence-corrected chi connectivity index (χ0v) is 17.5. The average molecular weight is 436 g/mol. The number of carbonyl (C=O) groups excluding carboxylic acids is 1. The van der Waals surface area contributed by atoms with E-state index in [2.05, 4.69) is 0 Å². The predicted octanol–water partition coefficient (Wildman–Crippen LogP) is 4.62. The number of nitro benzene ring substituents is 1. The Morgan fingerprint density at radius 2 is 1.65 bits per heavy atom. The van der Waals surface area contributed by atoms with E-state index < -0.39 is 14.9 Å². The predicted molar refractivity (Wildman–Crippen MR) is 120 cm³/mol. The molecule has 0 aliphatic rings. The van der Waals surface area contributed by atoms with Crippen molar-refractivity contribution in [2.24, 2.45) is 0 Å². The van der Waals surface area contributed by atoms with E-state index in [1.165, 1.54) is 22.5 Å². The molecule has 0 saturated heterocycles. The number of non-ortho nitro benzene ring substituents is 1. The molecule has 3 aromatic carbocycles. The van der Waals surface area contributed by atoms with Crippen LogP contribution in [0.3, 0.4) is 0 Å². The minimum absolute atomic E-state index is 0.00943. The van der Waals surface area contributed by atoms with Crippen molar-refractivity contribution in [2.75, 3.05) is 10.8 Å². The highest BCUT2D eigenvalue weighted by molar-refractivity contribution is 7.92. The molecule has 0 fully saturated rings. The molecule has 0 saturated carbocycles. The highest BCUT2D eigenvalue weighted by Crippen LogP contribution is 2.25. The van der Waals surface area contributed by atoms with Crippen LogP contribution in [0.25, 0.3) is 6.08 Å². The van der Waals surface area contributed by atoms with Crippen molar-refractivity contribution < 1.29 is 18.1 Å². The Bertz CT molecular complexity index is 1220. The van der Waals surface area contributed by atoms with Crippen LogP contribution in [0.4, 0.5) is 11.4 Å². The largest absolute Gasteiger partial charge is 0.298 e. The van der Waals surface area contributed by atoms with Gasteiger partial charge in [0.05, 0.1) is 22.1 Å².